The molecule has 3 aromatic heterocycles. The first kappa shape index (κ1) is 19.8. The molecule has 0 fully saturated rings. The van der Waals surface area contributed by atoms with Gasteiger partial charge >= 0.3 is 0 Å². The molecule has 0 radical (unpaired) electrons. The number of benzene rings is 2. The number of hydrogen-bond acceptors (Lipinski definition) is 4. The number of aromatic amines is 1. The van der Waals surface area contributed by atoms with E-state index >= 15 is 0 Å². The highest BCUT2D eigenvalue weighted by Crippen LogP contribution is 2.29. The summed E-state index contributed by atoms with van der Waals surface area (Å²) in [5, 5.41) is 8.76. The van der Waals surface area contributed by atoms with E-state index in [9.17, 15) is 9.18 Å². The highest BCUT2D eigenvalue weighted by Gasteiger charge is 2.17. The molecule has 5 rings (SSSR count). The van der Waals surface area contributed by atoms with E-state index < -0.39 is 0 Å². The molecule has 0 spiro atoms. The van der Waals surface area contributed by atoms with Crippen molar-refractivity contribution in [2.75, 3.05) is 0 Å². The minimum atomic E-state index is -0.340. The molecule has 0 atom stereocenters. The Bertz CT molecular complexity index is 1430. The van der Waals surface area contributed by atoms with Crippen molar-refractivity contribution in [2.24, 2.45) is 0 Å². The summed E-state index contributed by atoms with van der Waals surface area (Å²) in [6, 6.07) is 21.5. The molecule has 2 N–H and O–H groups in total. The average Bonchev–Trinajstić information content (AvgIpc) is 3.19. The number of fused-ring (bicyclic) bond motifs is 1. The number of pyridine rings is 2. The molecule has 5 aromatic rings. The number of hydrogen-bond donors (Lipinski definition) is 2. The summed E-state index contributed by atoms with van der Waals surface area (Å²) in [5.74, 6) is -0.340. The zero-order valence-corrected chi connectivity index (χ0v) is 17.1. The highest BCUT2D eigenvalue weighted by molar-refractivity contribution is 5.92. The lowest BCUT2D eigenvalue weighted by Crippen LogP contribution is -2.21. The van der Waals surface area contributed by atoms with E-state index in [4.69, 9.17) is 5.10 Å². The third-order valence-corrected chi connectivity index (χ3v) is 5.23. The van der Waals surface area contributed by atoms with Crippen LogP contribution in [-0.4, -0.2) is 19.7 Å². The van der Waals surface area contributed by atoms with Crippen LogP contribution in [0.5, 0.6) is 0 Å². The SMILES string of the molecule is O=c1[nH]c2c(cc1CNCc1cccnc1)c(-c1cccc(F)c1)nn2-c1ccccc1. The fraction of sp³-hybridized carbons (Fsp3) is 0.0800. The monoisotopic (exact) mass is 425 g/mol. The number of halogens is 1. The van der Waals surface area contributed by atoms with Gasteiger partial charge in [0.1, 0.15) is 17.2 Å². The number of rotatable bonds is 6. The van der Waals surface area contributed by atoms with Crippen molar-refractivity contribution in [1.29, 1.82) is 0 Å². The normalized spacial score (nSPS) is 11.2. The second kappa shape index (κ2) is 8.56. The van der Waals surface area contributed by atoms with Crippen LogP contribution in [0.2, 0.25) is 0 Å². The van der Waals surface area contributed by atoms with E-state index in [1.807, 2.05) is 54.6 Å². The minimum absolute atomic E-state index is 0.195. The Morgan fingerprint density at radius 1 is 0.969 bits per heavy atom. The van der Waals surface area contributed by atoms with E-state index in [2.05, 4.69) is 15.3 Å². The van der Waals surface area contributed by atoms with Gasteiger partial charge in [-0.05, 0) is 42.0 Å². The molecule has 32 heavy (non-hydrogen) atoms. The molecule has 3 heterocycles. The second-order valence-corrected chi connectivity index (χ2v) is 7.46. The van der Waals surface area contributed by atoms with Crippen molar-refractivity contribution >= 4 is 11.0 Å². The van der Waals surface area contributed by atoms with Crippen LogP contribution in [0.4, 0.5) is 4.39 Å². The van der Waals surface area contributed by atoms with Gasteiger partial charge in [0.2, 0.25) is 0 Å². The number of nitrogens with zero attached hydrogens (tertiary/aromatic N) is 3. The van der Waals surface area contributed by atoms with Crippen LogP contribution in [0, 0.1) is 5.82 Å². The summed E-state index contributed by atoms with van der Waals surface area (Å²) >= 11 is 0. The molecule has 6 nitrogen and oxygen atoms in total. The Balaban J connectivity index is 1.58. The Hall–Kier alpha value is -4.10. The van der Waals surface area contributed by atoms with Crippen molar-refractivity contribution in [3.05, 3.63) is 112 Å². The third-order valence-electron chi connectivity index (χ3n) is 5.23. The van der Waals surface area contributed by atoms with Crippen LogP contribution in [0.1, 0.15) is 11.1 Å². The summed E-state index contributed by atoms with van der Waals surface area (Å²) in [6.45, 7) is 0.963. The maximum Gasteiger partial charge on any atom is 0.254 e. The molecule has 0 unspecified atom stereocenters. The summed E-state index contributed by atoms with van der Waals surface area (Å²) in [5.41, 5.74) is 4.03. The standard InChI is InChI=1S/C25H20FN5O/c26-20-8-4-7-18(12-20)23-22-13-19(16-28-15-17-6-5-11-27-14-17)25(32)29-24(22)31(30-23)21-9-2-1-3-10-21/h1-14,28H,15-16H2,(H,29,32). The molecule has 0 aliphatic carbocycles. The van der Waals surface area contributed by atoms with Crippen LogP contribution in [0.3, 0.4) is 0 Å². The van der Waals surface area contributed by atoms with Crippen LogP contribution < -0.4 is 10.9 Å². The maximum atomic E-state index is 13.9. The number of para-hydroxylation sites is 1. The predicted molar refractivity (Wildman–Crippen MR) is 122 cm³/mol. The largest absolute Gasteiger partial charge is 0.308 e. The first-order valence-electron chi connectivity index (χ1n) is 10.2. The van der Waals surface area contributed by atoms with E-state index in [-0.39, 0.29) is 11.4 Å². The lowest BCUT2D eigenvalue weighted by Gasteiger charge is -2.06. The fourth-order valence-corrected chi connectivity index (χ4v) is 3.70. The number of aromatic nitrogens is 4. The van der Waals surface area contributed by atoms with Crippen LogP contribution >= 0.6 is 0 Å². The van der Waals surface area contributed by atoms with Gasteiger partial charge < -0.3 is 10.3 Å². The average molecular weight is 425 g/mol. The molecule has 0 aliphatic heterocycles. The van der Waals surface area contributed by atoms with Gasteiger partial charge in [-0.2, -0.15) is 5.10 Å². The topological polar surface area (TPSA) is 75.6 Å². The van der Waals surface area contributed by atoms with Crippen molar-refractivity contribution in [1.82, 2.24) is 25.1 Å². The Morgan fingerprint density at radius 3 is 2.62 bits per heavy atom. The van der Waals surface area contributed by atoms with Gasteiger partial charge in [-0.1, -0.05) is 36.4 Å². The maximum absolute atomic E-state index is 13.9. The van der Waals surface area contributed by atoms with Gasteiger partial charge in [0.15, 0.2) is 0 Å². The molecule has 7 heteroatoms. The van der Waals surface area contributed by atoms with Gasteiger partial charge in [0.05, 0.1) is 5.69 Å². The Labute approximate surface area is 183 Å². The third kappa shape index (κ3) is 3.93. The Kier molecular flexibility index (Phi) is 5.31. The first-order chi connectivity index (χ1) is 15.7. The van der Waals surface area contributed by atoms with E-state index in [0.717, 1.165) is 16.6 Å². The van der Waals surface area contributed by atoms with Crippen LogP contribution in [0.15, 0.2) is 90.0 Å². The van der Waals surface area contributed by atoms with Crippen molar-refractivity contribution in [3.63, 3.8) is 0 Å². The van der Waals surface area contributed by atoms with Gasteiger partial charge in [0.25, 0.3) is 5.56 Å². The van der Waals surface area contributed by atoms with Gasteiger partial charge in [-0.3, -0.25) is 9.78 Å². The molecular formula is C25H20FN5O. The lowest BCUT2D eigenvalue weighted by molar-refractivity contribution is 0.628. The molecule has 2 aromatic carbocycles. The smallest absolute Gasteiger partial charge is 0.254 e. The molecule has 0 aliphatic rings. The fourth-order valence-electron chi connectivity index (χ4n) is 3.70. The van der Waals surface area contributed by atoms with Crippen LogP contribution in [0.25, 0.3) is 28.0 Å². The van der Waals surface area contributed by atoms with E-state index in [1.54, 1.807) is 23.1 Å². The number of nitrogens with one attached hydrogen (secondary N) is 2. The molecule has 0 saturated carbocycles. The summed E-state index contributed by atoms with van der Waals surface area (Å²) < 4.78 is 15.6. The van der Waals surface area contributed by atoms with Gasteiger partial charge in [-0.25, -0.2) is 9.07 Å². The first-order valence-corrected chi connectivity index (χ1v) is 10.2. The van der Waals surface area contributed by atoms with Crippen molar-refractivity contribution < 1.29 is 4.39 Å². The number of H-pyrrole nitrogens is 1. The lowest BCUT2D eigenvalue weighted by atomic mass is 10.1. The van der Waals surface area contributed by atoms with Gasteiger partial charge in [0, 0.05) is 42.0 Å². The summed E-state index contributed by atoms with van der Waals surface area (Å²) in [7, 11) is 0. The molecule has 158 valence electrons. The van der Waals surface area contributed by atoms with Gasteiger partial charge in [-0.15, -0.1) is 0 Å². The zero-order valence-electron chi connectivity index (χ0n) is 17.1. The minimum Gasteiger partial charge on any atom is -0.308 e. The van der Waals surface area contributed by atoms with Crippen molar-refractivity contribution in [3.8, 4) is 16.9 Å². The van der Waals surface area contributed by atoms with Crippen molar-refractivity contribution in [2.45, 2.75) is 13.1 Å². The summed E-state index contributed by atoms with van der Waals surface area (Å²) in [6.07, 6.45) is 3.51. The molecule has 0 bridgehead atoms. The second-order valence-electron chi connectivity index (χ2n) is 7.46. The highest BCUT2D eigenvalue weighted by atomic mass is 19.1. The quantitative estimate of drug-likeness (QED) is 0.427. The molecule has 0 saturated heterocycles. The van der Waals surface area contributed by atoms with E-state index in [0.29, 0.717) is 35.6 Å². The van der Waals surface area contributed by atoms with E-state index in [1.165, 1.54) is 12.1 Å². The predicted octanol–water partition coefficient (Wildman–Crippen LogP) is 4.20. The summed E-state index contributed by atoms with van der Waals surface area (Å²) in [4.78, 5) is 19.9. The molecular weight excluding hydrogens is 405 g/mol. The Morgan fingerprint density at radius 2 is 1.84 bits per heavy atom. The zero-order chi connectivity index (χ0) is 21.9. The van der Waals surface area contributed by atoms with Crippen LogP contribution in [-0.2, 0) is 13.1 Å². The molecule has 0 amide bonds.